The van der Waals surface area contributed by atoms with E-state index < -0.39 is 35.1 Å². The fourth-order valence-corrected chi connectivity index (χ4v) is 2.88. The van der Waals surface area contributed by atoms with E-state index in [2.05, 4.69) is 0 Å². The zero-order valence-corrected chi connectivity index (χ0v) is 14.1. The molecule has 5 amide bonds. The molecule has 24 heavy (non-hydrogen) atoms. The second kappa shape index (κ2) is 6.21. The van der Waals surface area contributed by atoms with E-state index in [4.69, 9.17) is 4.74 Å². The Morgan fingerprint density at radius 1 is 1.29 bits per heavy atom. The van der Waals surface area contributed by atoms with Crippen molar-refractivity contribution >= 4 is 35.3 Å². The fraction of sp³-hybridized carbons (Fsp3) is 0.429. The van der Waals surface area contributed by atoms with Gasteiger partial charge in [-0.25, -0.2) is 9.59 Å². The highest BCUT2D eigenvalue weighted by Gasteiger charge is 2.58. The van der Waals surface area contributed by atoms with Crippen molar-refractivity contribution in [2.75, 3.05) is 0 Å². The summed E-state index contributed by atoms with van der Waals surface area (Å²) in [7, 11) is 0. The van der Waals surface area contributed by atoms with Crippen molar-refractivity contribution < 1.29 is 29.1 Å². The SMILES string of the molecule is CC(C)(C)OC(=O)N(O)C1(Cc2cccs2)C(=O)NC(=O)NC1=O. The molecule has 1 fully saturated rings. The van der Waals surface area contributed by atoms with Crippen molar-refractivity contribution in [3.8, 4) is 0 Å². The van der Waals surface area contributed by atoms with Crippen LogP contribution in [-0.4, -0.2) is 45.3 Å². The molecule has 0 bridgehead atoms. The maximum absolute atomic E-state index is 12.4. The Bertz CT molecular complexity index is 659. The van der Waals surface area contributed by atoms with Crippen LogP contribution in [0.4, 0.5) is 9.59 Å². The first kappa shape index (κ1) is 17.9. The minimum absolute atomic E-state index is 0.0604. The Morgan fingerprint density at radius 2 is 1.88 bits per heavy atom. The summed E-state index contributed by atoms with van der Waals surface area (Å²) in [4.78, 5) is 48.8. The van der Waals surface area contributed by atoms with E-state index in [0.717, 1.165) is 0 Å². The van der Waals surface area contributed by atoms with Crippen LogP contribution in [0.25, 0.3) is 0 Å². The van der Waals surface area contributed by atoms with E-state index in [1.54, 1.807) is 38.3 Å². The maximum atomic E-state index is 12.4. The standard InChI is InChI=1S/C14H17N3O6S/c1-13(2,3)23-12(21)17(22)14(7-8-5-4-6-24-8)9(18)15-11(20)16-10(14)19/h4-6,22H,7H2,1-3H3,(H2,15,16,18,19,20). The molecule has 0 spiro atoms. The summed E-state index contributed by atoms with van der Waals surface area (Å²) in [6.07, 6.45) is -1.59. The molecule has 3 N–H and O–H groups in total. The fourth-order valence-electron chi connectivity index (χ4n) is 2.10. The number of carbonyl (C=O) groups is 4. The van der Waals surface area contributed by atoms with Gasteiger partial charge in [-0.15, -0.1) is 11.3 Å². The zero-order valence-electron chi connectivity index (χ0n) is 13.3. The lowest BCUT2D eigenvalue weighted by Crippen LogP contribution is -2.74. The highest BCUT2D eigenvalue weighted by atomic mass is 32.1. The number of imide groups is 2. The van der Waals surface area contributed by atoms with Gasteiger partial charge in [0.05, 0.1) is 0 Å². The van der Waals surface area contributed by atoms with Gasteiger partial charge < -0.3 is 4.74 Å². The van der Waals surface area contributed by atoms with Gasteiger partial charge in [-0.1, -0.05) is 6.07 Å². The summed E-state index contributed by atoms with van der Waals surface area (Å²) < 4.78 is 5.02. The van der Waals surface area contributed by atoms with Crippen LogP contribution >= 0.6 is 11.3 Å². The number of ether oxygens (including phenoxy) is 1. The molecule has 1 saturated heterocycles. The summed E-state index contributed by atoms with van der Waals surface area (Å²) in [6.45, 7) is 4.69. The Hall–Kier alpha value is -2.46. The molecule has 0 aromatic carbocycles. The molecule has 2 rings (SSSR count). The molecule has 0 radical (unpaired) electrons. The Kier molecular flexibility index (Phi) is 4.63. The zero-order chi connectivity index (χ0) is 18.1. The van der Waals surface area contributed by atoms with Gasteiger partial charge in [-0.2, -0.15) is 5.06 Å². The number of hydroxylamine groups is 2. The first-order valence-corrected chi connectivity index (χ1v) is 7.85. The predicted octanol–water partition coefficient (Wildman–Crippen LogP) is 1.02. The average Bonchev–Trinajstić information content (AvgIpc) is 2.93. The van der Waals surface area contributed by atoms with Crippen molar-refractivity contribution in [2.45, 2.75) is 38.3 Å². The van der Waals surface area contributed by atoms with Gasteiger partial charge in [0, 0.05) is 11.3 Å². The van der Waals surface area contributed by atoms with Gasteiger partial charge in [0.2, 0.25) is 5.54 Å². The molecule has 1 aromatic rings. The van der Waals surface area contributed by atoms with Gasteiger partial charge in [-0.05, 0) is 32.2 Å². The van der Waals surface area contributed by atoms with Gasteiger partial charge >= 0.3 is 12.1 Å². The average molecular weight is 355 g/mol. The summed E-state index contributed by atoms with van der Waals surface area (Å²) >= 11 is 1.23. The number of urea groups is 1. The third kappa shape index (κ3) is 3.39. The number of thiophene rings is 1. The van der Waals surface area contributed by atoms with E-state index in [0.29, 0.717) is 4.88 Å². The molecule has 1 aromatic heterocycles. The highest BCUT2D eigenvalue weighted by molar-refractivity contribution is 7.09. The molecule has 1 aliphatic rings. The Morgan fingerprint density at radius 3 is 2.33 bits per heavy atom. The van der Waals surface area contributed by atoms with E-state index >= 15 is 0 Å². The van der Waals surface area contributed by atoms with E-state index in [1.807, 2.05) is 10.6 Å². The van der Waals surface area contributed by atoms with Gasteiger partial charge in [0.25, 0.3) is 11.8 Å². The molecule has 0 unspecified atom stereocenters. The van der Waals surface area contributed by atoms with Crippen LogP contribution in [-0.2, 0) is 20.7 Å². The lowest BCUT2D eigenvalue weighted by atomic mass is 9.90. The van der Waals surface area contributed by atoms with Gasteiger partial charge in [0.1, 0.15) is 5.60 Å². The monoisotopic (exact) mass is 355 g/mol. The third-order valence-electron chi connectivity index (χ3n) is 3.14. The molecule has 10 heteroatoms. The molecular weight excluding hydrogens is 338 g/mol. The van der Waals surface area contributed by atoms with Crippen LogP contribution in [0.1, 0.15) is 25.6 Å². The number of hydrogen-bond acceptors (Lipinski definition) is 7. The number of barbiturate groups is 1. The lowest BCUT2D eigenvalue weighted by molar-refractivity contribution is -0.182. The highest BCUT2D eigenvalue weighted by Crippen LogP contribution is 2.27. The third-order valence-corrected chi connectivity index (χ3v) is 4.02. The minimum Gasteiger partial charge on any atom is -0.442 e. The van der Waals surface area contributed by atoms with Crippen molar-refractivity contribution in [1.82, 2.24) is 15.7 Å². The number of carbonyl (C=O) groups excluding carboxylic acids is 4. The number of rotatable bonds is 3. The largest absolute Gasteiger partial charge is 0.442 e. The number of amides is 5. The molecular formula is C14H17N3O6S. The van der Waals surface area contributed by atoms with Crippen molar-refractivity contribution in [3.63, 3.8) is 0 Å². The molecule has 2 heterocycles. The van der Waals surface area contributed by atoms with Crippen molar-refractivity contribution in [3.05, 3.63) is 22.4 Å². The van der Waals surface area contributed by atoms with Gasteiger partial charge in [-0.3, -0.25) is 25.4 Å². The second-order valence-electron chi connectivity index (χ2n) is 6.15. The summed E-state index contributed by atoms with van der Waals surface area (Å²) in [5.41, 5.74) is -3.30. The van der Waals surface area contributed by atoms with E-state index in [1.165, 1.54) is 11.3 Å². The minimum atomic E-state index is -2.35. The number of nitrogens with one attached hydrogen (secondary N) is 2. The van der Waals surface area contributed by atoms with Crippen LogP contribution in [0.2, 0.25) is 0 Å². The predicted molar refractivity (Wildman–Crippen MR) is 82.3 cm³/mol. The normalized spacial score (nSPS) is 17.1. The smallest absolute Gasteiger partial charge is 0.435 e. The topological polar surface area (TPSA) is 125 Å². The molecule has 0 saturated carbocycles. The molecule has 0 aliphatic carbocycles. The maximum Gasteiger partial charge on any atom is 0.435 e. The van der Waals surface area contributed by atoms with Crippen LogP contribution < -0.4 is 10.6 Å². The summed E-state index contributed by atoms with van der Waals surface area (Å²) in [5, 5.41) is 15.8. The first-order chi connectivity index (χ1) is 11.1. The molecule has 9 nitrogen and oxygen atoms in total. The summed E-state index contributed by atoms with van der Waals surface area (Å²) in [6, 6.07) is 2.29. The van der Waals surface area contributed by atoms with E-state index in [-0.39, 0.29) is 11.5 Å². The quantitative estimate of drug-likeness (QED) is 0.422. The van der Waals surface area contributed by atoms with E-state index in [9.17, 15) is 24.4 Å². The van der Waals surface area contributed by atoms with Crippen molar-refractivity contribution in [1.29, 1.82) is 0 Å². The van der Waals surface area contributed by atoms with Gasteiger partial charge in [0.15, 0.2) is 0 Å². The molecule has 0 atom stereocenters. The van der Waals surface area contributed by atoms with Crippen LogP contribution in [0, 0.1) is 0 Å². The Labute approximate surface area is 141 Å². The van der Waals surface area contributed by atoms with Crippen LogP contribution in [0.3, 0.4) is 0 Å². The number of nitrogens with zero attached hydrogens (tertiary/aromatic N) is 1. The van der Waals surface area contributed by atoms with Crippen LogP contribution in [0.15, 0.2) is 17.5 Å². The first-order valence-electron chi connectivity index (χ1n) is 6.97. The molecule has 1 aliphatic heterocycles. The van der Waals surface area contributed by atoms with Crippen LogP contribution in [0.5, 0.6) is 0 Å². The van der Waals surface area contributed by atoms with Crippen molar-refractivity contribution in [2.24, 2.45) is 0 Å². The lowest BCUT2D eigenvalue weighted by Gasteiger charge is -2.38. The second-order valence-corrected chi connectivity index (χ2v) is 7.18. The molecule has 130 valence electrons. The summed E-state index contributed by atoms with van der Waals surface area (Å²) in [5.74, 6) is -2.23. The number of hydrogen-bond donors (Lipinski definition) is 3. The Balaban J connectivity index is 2.42.